The van der Waals surface area contributed by atoms with Crippen LogP contribution in [0.4, 0.5) is 0 Å². The maximum atomic E-state index is 6.18. The highest BCUT2D eigenvalue weighted by Gasteiger charge is 2.27. The van der Waals surface area contributed by atoms with E-state index in [1.807, 2.05) is 18.2 Å². The van der Waals surface area contributed by atoms with Gasteiger partial charge in [0.1, 0.15) is 11.9 Å². The van der Waals surface area contributed by atoms with Gasteiger partial charge in [0.15, 0.2) is 0 Å². The Hall–Kier alpha value is -1.87. The number of rotatable bonds is 4. The molecule has 1 saturated heterocycles. The SMILES string of the molecule is c1ccc(C(Oc2cccnc2)C2CCNC2)cc1. The Morgan fingerprint density at radius 1 is 1.16 bits per heavy atom. The Labute approximate surface area is 113 Å². The Bertz CT molecular complexity index is 495. The lowest BCUT2D eigenvalue weighted by Gasteiger charge is -2.24. The molecule has 0 amide bonds. The summed E-state index contributed by atoms with van der Waals surface area (Å²) in [7, 11) is 0. The summed E-state index contributed by atoms with van der Waals surface area (Å²) in [4.78, 5) is 4.12. The first-order valence-corrected chi connectivity index (χ1v) is 6.76. The van der Waals surface area contributed by atoms with Crippen LogP contribution in [0.5, 0.6) is 5.75 Å². The van der Waals surface area contributed by atoms with E-state index in [0.717, 1.165) is 25.3 Å². The molecule has 0 radical (unpaired) electrons. The quantitative estimate of drug-likeness (QED) is 0.911. The fraction of sp³-hybridized carbons (Fsp3) is 0.312. The smallest absolute Gasteiger partial charge is 0.138 e. The highest BCUT2D eigenvalue weighted by atomic mass is 16.5. The normalized spacial score (nSPS) is 20.1. The van der Waals surface area contributed by atoms with Crippen molar-refractivity contribution in [3.8, 4) is 5.75 Å². The average molecular weight is 254 g/mol. The molecule has 98 valence electrons. The van der Waals surface area contributed by atoms with Crippen molar-refractivity contribution in [1.82, 2.24) is 10.3 Å². The highest BCUT2D eigenvalue weighted by Crippen LogP contribution is 2.31. The zero-order chi connectivity index (χ0) is 12.9. The van der Waals surface area contributed by atoms with Crippen molar-refractivity contribution < 1.29 is 4.74 Å². The molecular formula is C16H18N2O. The third-order valence-corrected chi connectivity index (χ3v) is 3.55. The summed E-state index contributed by atoms with van der Waals surface area (Å²) in [6, 6.07) is 14.3. The molecule has 0 aliphatic carbocycles. The van der Waals surface area contributed by atoms with Crippen LogP contribution in [-0.2, 0) is 0 Å². The highest BCUT2D eigenvalue weighted by molar-refractivity contribution is 5.23. The summed E-state index contributed by atoms with van der Waals surface area (Å²) < 4.78 is 6.18. The number of nitrogens with zero attached hydrogens (tertiary/aromatic N) is 1. The summed E-state index contributed by atoms with van der Waals surface area (Å²) in [5.41, 5.74) is 1.24. The molecule has 1 aromatic carbocycles. The first-order valence-electron chi connectivity index (χ1n) is 6.76. The number of ether oxygens (including phenoxy) is 1. The van der Waals surface area contributed by atoms with Gasteiger partial charge in [0.05, 0.1) is 6.20 Å². The molecular weight excluding hydrogens is 236 g/mol. The monoisotopic (exact) mass is 254 g/mol. The van der Waals surface area contributed by atoms with Crippen molar-refractivity contribution in [2.24, 2.45) is 5.92 Å². The van der Waals surface area contributed by atoms with Gasteiger partial charge in [-0.1, -0.05) is 30.3 Å². The average Bonchev–Trinajstić information content (AvgIpc) is 3.01. The first kappa shape index (κ1) is 12.2. The van der Waals surface area contributed by atoms with E-state index in [9.17, 15) is 0 Å². The van der Waals surface area contributed by atoms with Crippen LogP contribution in [0.15, 0.2) is 54.9 Å². The van der Waals surface area contributed by atoms with E-state index in [-0.39, 0.29) is 6.10 Å². The molecule has 19 heavy (non-hydrogen) atoms. The Balaban J connectivity index is 1.84. The van der Waals surface area contributed by atoms with Gasteiger partial charge in [-0.15, -0.1) is 0 Å². The van der Waals surface area contributed by atoms with Gasteiger partial charge >= 0.3 is 0 Å². The van der Waals surface area contributed by atoms with Gasteiger partial charge in [-0.25, -0.2) is 0 Å². The van der Waals surface area contributed by atoms with E-state index in [1.165, 1.54) is 5.56 Å². The zero-order valence-corrected chi connectivity index (χ0v) is 10.8. The maximum absolute atomic E-state index is 6.18. The Morgan fingerprint density at radius 3 is 2.74 bits per heavy atom. The van der Waals surface area contributed by atoms with Crippen molar-refractivity contribution in [2.75, 3.05) is 13.1 Å². The van der Waals surface area contributed by atoms with Gasteiger partial charge in [0.25, 0.3) is 0 Å². The predicted octanol–water partition coefficient (Wildman–Crippen LogP) is 2.81. The fourth-order valence-corrected chi connectivity index (χ4v) is 2.58. The van der Waals surface area contributed by atoms with Crippen LogP contribution in [0.25, 0.3) is 0 Å². The van der Waals surface area contributed by atoms with Crippen LogP contribution in [0.3, 0.4) is 0 Å². The lowest BCUT2D eigenvalue weighted by Crippen LogP contribution is -2.21. The first-order chi connectivity index (χ1) is 9.43. The molecule has 2 atom stereocenters. The van der Waals surface area contributed by atoms with Gasteiger partial charge in [-0.05, 0) is 30.7 Å². The van der Waals surface area contributed by atoms with Crippen molar-refractivity contribution in [2.45, 2.75) is 12.5 Å². The van der Waals surface area contributed by atoms with E-state index in [4.69, 9.17) is 4.74 Å². The lowest BCUT2D eigenvalue weighted by atomic mass is 9.95. The maximum Gasteiger partial charge on any atom is 0.138 e. The molecule has 3 nitrogen and oxygen atoms in total. The Morgan fingerprint density at radius 2 is 2.05 bits per heavy atom. The second-order valence-corrected chi connectivity index (χ2v) is 4.89. The van der Waals surface area contributed by atoms with Crippen LogP contribution in [0.1, 0.15) is 18.1 Å². The van der Waals surface area contributed by atoms with Crippen LogP contribution in [-0.4, -0.2) is 18.1 Å². The minimum atomic E-state index is 0.0976. The molecule has 0 spiro atoms. The second kappa shape index (κ2) is 5.85. The molecule has 1 aliphatic heterocycles. The van der Waals surface area contributed by atoms with Gasteiger partial charge in [-0.2, -0.15) is 0 Å². The molecule has 2 aromatic rings. The zero-order valence-electron chi connectivity index (χ0n) is 10.8. The number of hydrogen-bond acceptors (Lipinski definition) is 3. The molecule has 0 bridgehead atoms. The summed E-state index contributed by atoms with van der Waals surface area (Å²) in [6.45, 7) is 2.09. The van der Waals surface area contributed by atoms with E-state index in [0.29, 0.717) is 5.92 Å². The van der Waals surface area contributed by atoms with Gasteiger partial charge in [0, 0.05) is 18.7 Å². The predicted molar refractivity (Wildman–Crippen MR) is 75.0 cm³/mol. The van der Waals surface area contributed by atoms with Crippen LogP contribution in [0.2, 0.25) is 0 Å². The van der Waals surface area contributed by atoms with E-state index in [2.05, 4.69) is 34.6 Å². The van der Waals surface area contributed by atoms with Crippen LogP contribution >= 0.6 is 0 Å². The number of benzene rings is 1. The standard InChI is InChI=1S/C16H18N2O/c1-2-5-13(6-3-1)16(14-8-10-18-11-14)19-15-7-4-9-17-12-15/h1-7,9,12,14,16,18H,8,10-11H2. The summed E-state index contributed by atoms with van der Waals surface area (Å²) in [5, 5.41) is 3.41. The molecule has 1 N–H and O–H groups in total. The molecule has 3 rings (SSSR count). The second-order valence-electron chi connectivity index (χ2n) is 4.89. The van der Waals surface area contributed by atoms with Crippen molar-refractivity contribution in [3.63, 3.8) is 0 Å². The molecule has 2 unspecified atom stereocenters. The lowest BCUT2D eigenvalue weighted by molar-refractivity contribution is 0.144. The van der Waals surface area contributed by atoms with Crippen LogP contribution < -0.4 is 10.1 Å². The van der Waals surface area contributed by atoms with Gasteiger partial charge in [-0.3, -0.25) is 4.98 Å². The fourth-order valence-electron chi connectivity index (χ4n) is 2.58. The topological polar surface area (TPSA) is 34.1 Å². The summed E-state index contributed by atoms with van der Waals surface area (Å²) >= 11 is 0. The number of pyridine rings is 1. The minimum Gasteiger partial charge on any atom is -0.484 e. The van der Waals surface area contributed by atoms with Crippen molar-refractivity contribution in [3.05, 3.63) is 60.4 Å². The van der Waals surface area contributed by atoms with E-state index < -0.39 is 0 Å². The van der Waals surface area contributed by atoms with Gasteiger partial charge in [0.2, 0.25) is 0 Å². The van der Waals surface area contributed by atoms with Crippen molar-refractivity contribution in [1.29, 1.82) is 0 Å². The third-order valence-electron chi connectivity index (χ3n) is 3.55. The van der Waals surface area contributed by atoms with Gasteiger partial charge < -0.3 is 10.1 Å². The molecule has 0 saturated carbocycles. The van der Waals surface area contributed by atoms with Crippen molar-refractivity contribution >= 4 is 0 Å². The minimum absolute atomic E-state index is 0.0976. The number of nitrogens with one attached hydrogen (secondary N) is 1. The summed E-state index contributed by atoms with van der Waals surface area (Å²) in [5.74, 6) is 1.35. The van der Waals surface area contributed by atoms with E-state index in [1.54, 1.807) is 12.4 Å². The molecule has 3 heteroatoms. The largest absolute Gasteiger partial charge is 0.484 e. The third kappa shape index (κ3) is 2.93. The molecule has 2 heterocycles. The molecule has 1 aromatic heterocycles. The number of aromatic nitrogens is 1. The molecule has 1 aliphatic rings. The Kier molecular flexibility index (Phi) is 3.75. The summed E-state index contributed by atoms with van der Waals surface area (Å²) in [6.07, 6.45) is 4.79. The van der Waals surface area contributed by atoms with Crippen LogP contribution in [0, 0.1) is 5.92 Å². The van der Waals surface area contributed by atoms with E-state index >= 15 is 0 Å². The number of hydrogen-bond donors (Lipinski definition) is 1. The molecule has 1 fully saturated rings.